The number of hydrogen-bond acceptors (Lipinski definition) is 2. The Morgan fingerprint density at radius 1 is 1.21 bits per heavy atom. The highest BCUT2D eigenvalue weighted by molar-refractivity contribution is 6.31. The summed E-state index contributed by atoms with van der Waals surface area (Å²) in [5.74, 6) is 5.60. The van der Waals surface area contributed by atoms with E-state index in [0.29, 0.717) is 10.6 Å². The van der Waals surface area contributed by atoms with Gasteiger partial charge in [0.25, 0.3) is 5.91 Å². The standard InChI is InChI=1S/C15H11ClN2O/c16-14-6-2-1-4-12(14)5-3-9-18-15(19)13-7-10-17-11-8-13/h1-2,4,6-8,10-11H,9H2,(H,18,19). The van der Waals surface area contributed by atoms with Crippen molar-refractivity contribution in [2.45, 2.75) is 0 Å². The molecule has 1 heterocycles. The predicted molar refractivity (Wildman–Crippen MR) is 74.9 cm³/mol. The van der Waals surface area contributed by atoms with Gasteiger partial charge in [-0.05, 0) is 24.3 Å². The fourth-order valence-corrected chi connectivity index (χ4v) is 1.61. The van der Waals surface area contributed by atoms with Crippen molar-refractivity contribution in [1.82, 2.24) is 10.3 Å². The third kappa shape index (κ3) is 3.84. The first-order valence-electron chi connectivity index (χ1n) is 5.69. The molecule has 2 rings (SSSR count). The number of amides is 1. The Hall–Kier alpha value is -2.31. The molecular formula is C15H11ClN2O. The van der Waals surface area contributed by atoms with Gasteiger partial charge in [-0.1, -0.05) is 35.6 Å². The maximum absolute atomic E-state index is 11.7. The highest BCUT2D eigenvalue weighted by atomic mass is 35.5. The van der Waals surface area contributed by atoms with E-state index in [1.54, 1.807) is 30.6 Å². The number of nitrogens with one attached hydrogen (secondary N) is 1. The number of nitrogens with zero attached hydrogens (tertiary/aromatic N) is 1. The quantitative estimate of drug-likeness (QED) is 0.852. The van der Waals surface area contributed by atoms with Crippen molar-refractivity contribution in [3.63, 3.8) is 0 Å². The summed E-state index contributed by atoms with van der Waals surface area (Å²) in [5, 5.41) is 3.31. The lowest BCUT2D eigenvalue weighted by molar-refractivity contribution is 0.0958. The van der Waals surface area contributed by atoms with Gasteiger partial charge in [0.1, 0.15) is 0 Å². The fraction of sp³-hybridized carbons (Fsp3) is 0.0667. The number of pyridine rings is 1. The lowest BCUT2D eigenvalue weighted by Crippen LogP contribution is -2.23. The largest absolute Gasteiger partial charge is 0.341 e. The lowest BCUT2D eigenvalue weighted by atomic mass is 10.2. The summed E-state index contributed by atoms with van der Waals surface area (Å²) in [6.07, 6.45) is 3.15. The Kier molecular flexibility index (Phi) is 4.54. The molecule has 19 heavy (non-hydrogen) atoms. The molecule has 0 bridgehead atoms. The second-order valence-electron chi connectivity index (χ2n) is 3.70. The smallest absolute Gasteiger partial charge is 0.252 e. The third-order valence-electron chi connectivity index (χ3n) is 2.38. The summed E-state index contributed by atoms with van der Waals surface area (Å²) in [5.41, 5.74) is 1.32. The van der Waals surface area contributed by atoms with Crippen molar-refractivity contribution in [2.24, 2.45) is 0 Å². The molecule has 0 fully saturated rings. The van der Waals surface area contributed by atoms with Gasteiger partial charge in [0.05, 0.1) is 11.6 Å². The van der Waals surface area contributed by atoms with Crippen LogP contribution in [-0.4, -0.2) is 17.4 Å². The van der Waals surface area contributed by atoms with Crippen molar-refractivity contribution in [3.8, 4) is 11.8 Å². The van der Waals surface area contributed by atoms with Crippen molar-refractivity contribution < 1.29 is 4.79 Å². The number of halogens is 1. The van der Waals surface area contributed by atoms with Gasteiger partial charge >= 0.3 is 0 Å². The maximum Gasteiger partial charge on any atom is 0.252 e. The van der Waals surface area contributed by atoms with Crippen LogP contribution in [0.25, 0.3) is 0 Å². The van der Waals surface area contributed by atoms with Crippen LogP contribution in [0.1, 0.15) is 15.9 Å². The molecule has 1 N–H and O–H groups in total. The minimum Gasteiger partial charge on any atom is -0.341 e. The molecule has 0 spiro atoms. The molecule has 3 nitrogen and oxygen atoms in total. The highest BCUT2D eigenvalue weighted by Gasteiger charge is 2.01. The topological polar surface area (TPSA) is 42.0 Å². The molecule has 4 heteroatoms. The number of benzene rings is 1. The van der Waals surface area contributed by atoms with Gasteiger partial charge in [0, 0.05) is 23.5 Å². The van der Waals surface area contributed by atoms with E-state index in [1.807, 2.05) is 18.2 Å². The summed E-state index contributed by atoms with van der Waals surface area (Å²) in [6.45, 7) is 0.270. The highest BCUT2D eigenvalue weighted by Crippen LogP contribution is 2.12. The van der Waals surface area contributed by atoms with Crippen LogP contribution < -0.4 is 5.32 Å². The van der Waals surface area contributed by atoms with Crippen LogP contribution in [0, 0.1) is 11.8 Å². The maximum atomic E-state index is 11.7. The Labute approximate surface area is 116 Å². The summed E-state index contributed by atoms with van der Waals surface area (Å²) in [6, 6.07) is 10.6. The Bertz CT molecular complexity index is 629. The molecule has 0 aliphatic heterocycles. The molecule has 0 aliphatic rings. The molecule has 0 unspecified atom stereocenters. The molecule has 94 valence electrons. The Balaban J connectivity index is 1.92. The first kappa shape index (κ1) is 13.1. The lowest BCUT2D eigenvalue weighted by Gasteiger charge is -1.99. The average molecular weight is 271 g/mol. The Morgan fingerprint density at radius 3 is 2.68 bits per heavy atom. The molecule has 1 amide bonds. The number of carbonyl (C=O) groups excluding carboxylic acids is 1. The van der Waals surface area contributed by atoms with Gasteiger partial charge in [0.2, 0.25) is 0 Å². The first-order chi connectivity index (χ1) is 9.27. The number of aromatic nitrogens is 1. The van der Waals surface area contributed by atoms with E-state index in [4.69, 9.17) is 11.6 Å². The number of carbonyl (C=O) groups is 1. The third-order valence-corrected chi connectivity index (χ3v) is 2.71. The zero-order valence-corrected chi connectivity index (χ0v) is 10.8. The van der Waals surface area contributed by atoms with E-state index in [0.717, 1.165) is 5.56 Å². The van der Waals surface area contributed by atoms with Crippen molar-refractivity contribution in [2.75, 3.05) is 6.54 Å². The molecule has 0 atom stereocenters. The zero-order chi connectivity index (χ0) is 13.5. The van der Waals surface area contributed by atoms with Crippen LogP contribution in [0.3, 0.4) is 0 Å². The second-order valence-corrected chi connectivity index (χ2v) is 4.11. The van der Waals surface area contributed by atoms with Crippen LogP contribution in [-0.2, 0) is 0 Å². The normalized spacial score (nSPS) is 9.32. The van der Waals surface area contributed by atoms with Crippen LogP contribution in [0.2, 0.25) is 5.02 Å². The van der Waals surface area contributed by atoms with E-state index in [1.165, 1.54) is 0 Å². The van der Waals surface area contributed by atoms with Crippen LogP contribution >= 0.6 is 11.6 Å². The van der Waals surface area contributed by atoms with E-state index in [9.17, 15) is 4.79 Å². The SMILES string of the molecule is O=C(NCC#Cc1ccccc1Cl)c1ccncc1. The fourth-order valence-electron chi connectivity index (χ4n) is 1.43. The Morgan fingerprint density at radius 2 is 1.95 bits per heavy atom. The van der Waals surface area contributed by atoms with Gasteiger partial charge in [-0.15, -0.1) is 0 Å². The van der Waals surface area contributed by atoms with Crippen LogP contribution in [0.5, 0.6) is 0 Å². The summed E-state index contributed by atoms with van der Waals surface area (Å²) >= 11 is 5.96. The minimum absolute atomic E-state index is 0.171. The van der Waals surface area contributed by atoms with Gasteiger partial charge in [0.15, 0.2) is 0 Å². The second kappa shape index (κ2) is 6.58. The van der Waals surface area contributed by atoms with Gasteiger partial charge in [-0.25, -0.2) is 0 Å². The molecule has 1 aromatic heterocycles. The summed E-state index contributed by atoms with van der Waals surface area (Å²) in [7, 11) is 0. The first-order valence-corrected chi connectivity index (χ1v) is 6.07. The monoisotopic (exact) mass is 270 g/mol. The van der Waals surface area contributed by atoms with E-state index in [-0.39, 0.29) is 12.5 Å². The predicted octanol–water partition coefficient (Wildman–Crippen LogP) is 2.52. The zero-order valence-electron chi connectivity index (χ0n) is 10.1. The van der Waals surface area contributed by atoms with Crippen molar-refractivity contribution in [3.05, 3.63) is 64.9 Å². The van der Waals surface area contributed by atoms with E-state index in [2.05, 4.69) is 22.1 Å². The van der Waals surface area contributed by atoms with Crippen LogP contribution in [0.15, 0.2) is 48.8 Å². The average Bonchev–Trinajstić information content (AvgIpc) is 2.46. The van der Waals surface area contributed by atoms with Crippen LogP contribution in [0.4, 0.5) is 0 Å². The molecule has 0 saturated heterocycles. The molecule has 0 radical (unpaired) electrons. The molecular weight excluding hydrogens is 260 g/mol. The summed E-state index contributed by atoms with van der Waals surface area (Å²) in [4.78, 5) is 15.5. The van der Waals surface area contributed by atoms with Crippen molar-refractivity contribution >= 4 is 17.5 Å². The van der Waals surface area contributed by atoms with E-state index < -0.39 is 0 Å². The molecule has 2 aromatic rings. The molecule has 1 aromatic carbocycles. The van der Waals surface area contributed by atoms with Crippen molar-refractivity contribution in [1.29, 1.82) is 0 Å². The number of hydrogen-bond donors (Lipinski definition) is 1. The molecule has 0 aliphatic carbocycles. The van der Waals surface area contributed by atoms with E-state index >= 15 is 0 Å². The summed E-state index contributed by atoms with van der Waals surface area (Å²) < 4.78 is 0. The van der Waals surface area contributed by atoms with Gasteiger partial charge in [-0.3, -0.25) is 9.78 Å². The minimum atomic E-state index is -0.171. The van der Waals surface area contributed by atoms with Gasteiger partial charge < -0.3 is 5.32 Å². The molecule has 0 saturated carbocycles. The number of rotatable bonds is 2. The van der Waals surface area contributed by atoms with Gasteiger partial charge in [-0.2, -0.15) is 0 Å².